The highest BCUT2D eigenvalue weighted by Gasteiger charge is 2.17. The van der Waals surface area contributed by atoms with E-state index in [0.29, 0.717) is 13.1 Å². The Kier molecular flexibility index (Phi) is 7.14. The third kappa shape index (κ3) is 5.58. The van der Waals surface area contributed by atoms with Crippen LogP contribution < -0.4 is 10.9 Å². The first kappa shape index (κ1) is 19.4. The molecule has 1 aromatic carbocycles. The number of para-hydroxylation sites is 1. The van der Waals surface area contributed by atoms with Crippen molar-refractivity contribution in [3.05, 3.63) is 64.6 Å². The van der Waals surface area contributed by atoms with Gasteiger partial charge in [-0.2, -0.15) is 0 Å². The molecule has 0 spiro atoms. The van der Waals surface area contributed by atoms with Gasteiger partial charge < -0.3 is 14.8 Å². The number of hydrogen-bond donors (Lipinski definition) is 1. The van der Waals surface area contributed by atoms with Gasteiger partial charge >= 0.3 is 0 Å². The fourth-order valence-electron chi connectivity index (χ4n) is 2.66. The van der Waals surface area contributed by atoms with Crippen LogP contribution in [0.4, 0.5) is 5.69 Å². The fourth-order valence-corrected chi connectivity index (χ4v) is 2.66. The quantitative estimate of drug-likeness (QED) is 0.790. The lowest BCUT2D eigenvalue weighted by Crippen LogP contribution is -2.39. The van der Waals surface area contributed by atoms with E-state index >= 15 is 0 Å². The van der Waals surface area contributed by atoms with Crippen molar-refractivity contribution in [2.45, 2.75) is 33.2 Å². The van der Waals surface area contributed by atoms with Crippen LogP contribution in [0.25, 0.3) is 0 Å². The molecule has 2 aromatic rings. The van der Waals surface area contributed by atoms with E-state index in [0.717, 1.165) is 17.7 Å². The number of nitrogens with one attached hydrogen (secondary N) is 1. The first-order valence-corrected chi connectivity index (χ1v) is 8.80. The average Bonchev–Trinajstić information content (AvgIpc) is 2.62. The number of aryl methyl sites for hydroxylation is 2. The maximum Gasteiger partial charge on any atom is 0.250 e. The summed E-state index contributed by atoms with van der Waals surface area (Å²) in [5, 5.41) is 2.85. The van der Waals surface area contributed by atoms with E-state index in [4.69, 9.17) is 0 Å². The van der Waals surface area contributed by atoms with Gasteiger partial charge in [0.05, 0.1) is 6.54 Å². The second kappa shape index (κ2) is 9.56. The minimum atomic E-state index is -0.224. The summed E-state index contributed by atoms with van der Waals surface area (Å²) in [6.45, 7) is 4.69. The van der Waals surface area contributed by atoms with Crippen molar-refractivity contribution in [3.8, 4) is 0 Å². The molecule has 1 aromatic heterocycles. The van der Waals surface area contributed by atoms with Gasteiger partial charge in [-0.05, 0) is 31.0 Å². The van der Waals surface area contributed by atoms with Crippen LogP contribution in [0.15, 0.2) is 53.5 Å². The molecule has 0 atom stereocenters. The Morgan fingerprint density at radius 2 is 1.85 bits per heavy atom. The minimum absolute atomic E-state index is 0.00466. The zero-order valence-electron chi connectivity index (χ0n) is 15.3. The summed E-state index contributed by atoms with van der Waals surface area (Å²) in [6.07, 6.45) is 2.60. The van der Waals surface area contributed by atoms with Gasteiger partial charge in [-0.15, -0.1) is 0 Å². The maximum absolute atomic E-state index is 12.5. The summed E-state index contributed by atoms with van der Waals surface area (Å²) in [5.41, 5.74) is 1.58. The van der Waals surface area contributed by atoms with Gasteiger partial charge in [0.25, 0.3) is 5.56 Å². The third-order valence-corrected chi connectivity index (χ3v) is 4.07. The first-order chi connectivity index (χ1) is 12.5. The van der Waals surface area contributed by atoms with Crippen molar-refractivity contribution in [2.24, 2.45) is 0 Å². The zero-order chi connectivity index (χ0) is 18.9. The molecule has 26 heavy (non-hydrogen) atoms. The molecule has 0 saturated carbocycles. The van der Waals surface area contributed by atoms with Gasteiger partial charge in [0.1, 0.15) is 0 Å². The Hall–Kier alpha value is -2.89. The Balaban J connectivity index is 1.95. The van der Waals surface area contributed by atoms with Crippen LogP contribution >= 0.6 is 0 Å². The fraction of sp³-hybridized carbons (Fsp3) is 0.350. The van der Waals surface area contributed by atoms with Crippen molar-refractivity contribution in [1.82, 2.24) is 9.47 Å². The summed E-state index contributed by atoms with van der Waals surface area (Å²) < 4.78 is 1.50. The summed E-state index contributed by atoms with van der Waals surface area (Å²) in [7, 11) is 0. The molecule has 138 valence electrons. The lowest BCUT2D eigenvalue weighted by atomic mass is 10.2. The molecule has 1 heterocycles. The van der Waals surface area contributed by atoms with Gasteiger partial charge in [-0.3, -0.25) is 14.4 Å². The summed E-state index contributed by atoms with van der Waals surface area (Å²) in [4.78, 5) is 38.1. The first-order valence-electron chi connectivity index (χ1n) is 8.80. The summed E-state index contributed by atoms with van der Waals surface area (Å²) >= 11 is 0. The van der Waals surface area contributed by atoms with Crippen molar-refractivity contribution >= 4 is 17.5 Å². The van der Waals surface area contributed by atoms with Crippen molar-refractivity contribution < 1.29 is 9.59 Å². The third-order valence-electron chi connectivity index (χ3n) is 4.07. The van der Waals surface area contributed by atoms with Crippen LogP contribution in [0.3, 0.4) is 0 Å². The highest BCUT2D eigenvalue weighted by Crippen LogP contribution is 2.13. The van der Waals surface area contributed by atoms with Gasteiger partial charge in [0.15, 0.2) is 0 Å². The Morgan fingerprint density at radius 1 is 1.12 bits per heavy atom. The van der Waals surface area contributed by atoms with E-state index in [2.05, 4.69) is 5.32 Å². The molecular weight excluding hydrogens is 330 g/mol. The number of benzene rings is 1. The highest BCUT2D eigenvalue weighted by atomic mass is 16.2. The number of aromatic nitrogens is 1. The molecule has 0 fully saturated rings. The molecule has 0 unspecified atom stereocenters. The number of rotatable bonds is 8. The normalized spacial score (nSPS) is 10.4. The molecule has 0 radical (unpaired) electrons. The molecule has 1 N–H and O–H groups in total. The molecular formula is C20H25N3O3. The molecule has 0 aliphatic rings. The highest BCUT2D eigenvalue weighted by molar-refractivity contribution is 5.95. The van der Waals surface area contributed by atoms with Gasteiger partial charge in [-0.1, -0.05) is 31.2 Å². The van der Waals surface area contributed by atoms with Crippen molar-refractivity contribution in [2.75, 3.05) is 18.4 Å². The second-order valence-corrected chi connectivity index (χ2v) is 6.16. The number of carbonyl (C=O) groups excluding carboxylic acids is 2. The average molecular weight is 355 g/mol. The SMILES string of the molecule is CCCN(CC(=O)Nc1ccccc1C)C(=O)CCn1ccccc1=O. The van der Waals surface area contributed by atoms with Crippen LogP contribution in [0, 0.1) is 6.92 Å². The van der Waals surface area contributed by atoms with Gasteiger partial charge in [0.2, 0.25) is 11.8 Å². The molecule has 6 nitrogen and oxygen atoms in total. The maximum atomic E-state index is 12.5. The molecule has 0 aliphatic carbocycles. The molecule has 2 amide bonds. The number of carbonyl (C=O) groups is 2. The Bertz CT molecular complexity index is 814. The summed E-state index contributed by atoms with van der Waals surface area (Å²) in [6, 6.07) is 12.4. The van der Waals surface area contributed by atoms with Crippen molar-refractivity contribution in [3.63, 3.8) is 0 Å². The standard InChI is InChI=1S/C20H25N3O3/c1-3-12-23(15-18(24)21-17-9-5-4-8-16(17)2)20(26)11-14-22-13-7-6-10-19(22)25/h4-10,13H,3,11-12,14-15H2,1-2H3,(H,21,24). The van der Waals surface area contributed by atoms with E-state index in [1.807, 2.05) is 38.1 Å². The zero-order valence-corrected chi connectivity index (χ0v) is 15.3. The number of hydrogen-bond acceptors (Lipinski definition) is 3. The molecule has 0 aliphatic heterocycles. The smallest absolute Gasteiger partial charge is 0.250 e. The molecule has 0 saturated heterocycles. The predicted octanol–water partition coefficient (Wildman–Crippen LogP) is 2.42. The largest absolute Gasteiger partial charge is 0.333 e. The van der Waals surface area contributed by atoms with Gasteiger partial charge in [0, 0.05) is 37.5 Å². The second-order valence-electron chi connectivity index (χ2n) is 6.16. The van der Waals surface area contributed by atoms with Gasteiger partial charge in [-0.25, -0.2) is 0 Å². The van der Waals surface area contributed by atoms with E-state index in [9.17, 15) is 14.4 Å². The summed E-state index contributed by atoms with van der Waals surface area (Å²) in [5.74, 6) is -0.361. The number of pyridine rings is 1. The Morgan fingerprint density at radius 3 is 2.54 bits per heavy atom. The topological polar surface area (TPSA) is 71.4 Å². The lowest BCUT2D eigenvalue weighted by Gasteiger charge is -2.22. The predicted molar refractivity (Wildman–Crippen MR) is 102 cm³/mol. The molecule has 2 rings (SSSR count). The van der Waals surface area contributed by atoms with Crippen LogP contribution in [0.2, 0.25) is 0 Å². The lowest BCUT2D eigenvalue weighted by molar-refractivity contribution is -0.134. The van der Waals surface area contributed by atoms with Crippen LogP contribution in [-0.2, 0) is 16.1 Å². The molecule has 6 heteroatoms. The van der Waals surface area contributed by atoms with Crippen molar-refractivity contribution in [1.29, 1.82) is 0 Å². The van der Waals surface area contributed by atoms with Crippen LogP contribution in [-0.4, -0.2) is 34.4 Å². The number of amides is 2. The number of anilines is 1. The Labute approximate surface area is 153 Å². The van der Waals surface area contributed by atoms with E-state index in [1.54, 1.807) is 23.2 Å². The van der Waals surface area contributed by atoms with E-state index < -0.39 is 0 Å². The van der Waals surface area contributed by atoms with Crippen LogP contribution in [0.5, 0.6) is 0 Å². The minimum Gasteiger partial charge on any atom is -0.333 e. The molecule has 0 bridgehead atoms. The van der Waals surface area contributed by atoms with Crippen LogP contribution in [0.1, 0.15) is 25.3 Å². The number of nitrogens with zero attached hydrogens (tertiary/aromatic N) is 2. The monoisotopic (exact) mass is 355 g/mol. The van der Waals surface area contributed by atoms with E-state index in [-0.39, 0.29) is 30.3 Å². The van der Waals surface area contributed by atoms with E-state index in [1.165, 1.54) is 10.6 Å².